The fraction of sp³-hybridized carbons (Fsp3) is 0. The van der Waals surface area contributed by atoms with Crippen LogP contribution in [0.2, 0.25) is 0 Å². The predicted molar refractivity (Wildman–Crippen MR) is 63.9 cm³/mol. The molecule has 0 radical (unpaired) electrons. The number of hydrazine groups is 1. The van der Waals surface area contributed by atoms with Gasteiger partial charge in [-0.05, 0) is 12.1 Å². The maximum atomic E-state index is 7.06. The van der Waals surface area contributed by atoms with Crippen molar-refractivity contribution < 1.29 is 0 Å². The first-order chi connectivity index (χ1) is 5.63. The lowest BCUT2D eigenvalue weighted by atomic mass is 10.2. The monoisotopic (exact) mass is 237 g/mol. The van der Waals surface area contributed by atoms with E-state index in [4.69, 9.17) is 22.7 Å². The molecule has 5 nitrogen and oxygen atoms in total. The van der Waals surface area contributed by atoms with E-state index >= 15 is 0 Å². The van der Waals surface area contributed by atoms with Crippen LogP contribution in [-0.4, -0.2) is 5.96 Å². The van der Waals surface area contributed by atoms with E-state index in [1.807, 2.05) is 0 Å². The minimum atomic E-state index is -0.243. The Morgan fingerprint density at radius 2 is 1.71 bits per heavy atom. The Kier molecular flexibility index (Phi) is 6.90. The molecule has 0 fully saturated rings. The van der Waals surface area contributed by atoms with Gasteiger partial charge in [0.25, 0.3) is 0 Å². The zero-order valence-electron chi connectivity index (χ0n) is 7.31. The molecule has 0 aliphatic heterocycles. The van der Waals surface area contributed by atoms with Gasteiger partial charge in [-0.1, -0.05) is 12.1 Å². The van der Waals surface area contributed by atoms with Crippen molar-refractivity contribution in [1.82, 2.24) is 0 Å². The highest BCUT2D eigenvalue weighted by Crippen LogP contribution is 2.18. The molecule has 1 aromatic carbocycles. The average molecular weight is 238 g/mol. The maximum Gasteiger partial charge on any atom is 0.207 e. The molecule has 0 heterocycles. The molecule has 0 aliphatic rings. The molecule has 0 atom stereocenters. The summed E-state index contributed by atoms with van der Waals surface area (Å²) in [6.07, 6.45) is 0. The van der Waals surface area contributed by atoms with E-state index in [0.717, 1.165) is 5.01 Å². The third kappa shape index (κ3) is 3.29. The average Bonchev–Trinajstić information content (AvgIpc) is 2.04. The predicted octanol–water partition coefficient (Wildman–Crippen LogP) is 0.686. The van der Waals surface area contributed by atoms with Crippen LogP contribution in [0, 0.1) is 5.41 Å². The molecule has 1 aromatic rings. The number of nitrogen functional groups attached to an aromatic ring is 1. The van der Waals surface area contributed by atoms with E-state index in [1.165, 1.54) is 0 Å². The number of anilines is 2. The molecular weight excluding hydrogens is 225 g/mol. The number of halogens is 2. The lowest BCUT2D eigenvalue weighted by molar-refractivity contribution is 1.09. The number of hydrogen-bond donors (Lipinski definition) is 4. The van der Waals surface area contributed by atoms with Crippen LogP contribution >= 0.6 is 24.8 Å². The van der Waals surface area contributed by atoms with Crippen LogP contribution in [0.4, 0.5) is 11.4 Å². The van der Waals surface area contributed by atoms with Crippen LogP contribution in [0.15, 0.2) is 24.3 Å². The third-order valence-electron chi connectivity index (χ3n) is 1.46. The summed E-state index contributed by atoms with van der Waals surface area (Å²) in [5.74, 6) is 5.20. The van der Waals surface area contributed by atoms with Crippen molar-refractivity contribution in [1.29, 1.82) is 5.41 Å². The van der Waals surface area contributed by atoms with E-state index in [-0.39, 0.29) is 30.8 Å². The third-order valence-corrected chi connectivity index (χ3v) is 1.46. The van der Waals surface area contributed by atoms with Crippen molar-refractivity contribution in [3.63, 3.8) is 0 Å². The first-order valence-electron chi connectivity index (χ1n) is 3.36. The number of rotatable bonds is 1. The van der Waals surface area contributed by atoms with Crippen LogP contribution < -0.4 is 22.3 Å². The highest BCUT2D eigenvalue weighted by atomic mass is 35.5. The Bertz CT molecular complexity index is 304. The summed E-state index contributed by atoms with van der Waals surface area (Å²) >= 11 is 0. The molecule has 1 rings (SSSR count). The van der Waals surface area contributed by atoms with Gasteiger partial charge in [-0.2, -0.15) is 0 Å². The second-order valence-electron chi connectivity index (χ2n) is 2.31. The minimum absolute atomic E-state index is 0. The smallest absolute Gasteiger partial charge is 0.207 e. The van der Waals surface area contributed by atoms with Crippen LogP contribution in [-0.2, 0) is 0 Å². The largest absolute Gasteiger partial charge is 0.397 e. The van der Waals surface area contributed by atoms with Gasteiger partial charge in [0.2, 0.25) is 5.96 Å². The van der Waals surface area contributed by atoms with Gasteiger partial charge in [0.05, 0.1) is 11.4 Å². The van der Waals surface area contributed by atoms with Crippen molar-refractivity contribution in [2.75, 3.05) is 10.7 Å². The molecule has 80 valence electrons. The van der Waals surface area contributed by atoms with Gasteiger partial charge in [0.15, 0.2) is 0 Å². The van der Waals surface area contributed by atoms with Gasteiger partial charge in [-0.25, -0.2) is 10.9 Å². The highest BCUT2D eigenvalue weighted by molar-refractivity contribution is 5.94. The van der Waals surface area contributed by atoms with Crippen LogP contribution in [0.5, 0.6) is 0 Å². The molecule has 0 bridgehead atoms. The van der Waals surface area contributed by atoms with Crippen molar-refractivity contribution in [2.45, 2.75) is 0 Å². The fourth-order valence-corrected chi connectivity index (χ4v) is 0.837. The second kappa shape index (κ2) is 6.31. The summed E-state index contributed by atoms with van der Waals surface area (Å²) in [7, 11) is 0. The number of hydrogen-bond acceptors (Lipinski definition) is 3. The van der Waals surface area contributed by atoms with Crippen molar-refractivity contribution in [3.05, 3.63) is 24.3 Å². The van der Waals surface area contributed by atoms with E-state index in [1.54, 1.807) is 24.3 Å². The Hall–Kier alpha value is -1.17. The number of benzene rings is 1. The first kappa shape index (κ1) is 15.3. The van der Waals surface area contributed by atoms with Crippen LogP contribution in [0.25, 0.3) is 0 Å². The van der Waals surface area contributed by atoms with E-state index in [0.29, 0.717) is 11.4 Å². The highest BCUT2D eigenvalue weighted by Gasteiger charge is 2.06. The molecule has 0 spiro atoms. The van der Waals surface area contributed by atoms with Gasteiger partial charge in [0.1, 0.15) is 0 Å². The number of para-hydroxylation sites is 2. The Morgan fingerprint density at radius 3 is 2.14 bits per heavy atom. The fourth-order valence-electron chi connectivity index (χ4n) is 0.837. The summed E-state index contributed by atoms with van der Waals surface area (Å²) < 4.78 is 0. The minimum Gasteiger partial charge on any atom is -0.397 e. The maximum absolute atomic E-state index is 7.06. The standard InChI is InChI=1S/C7H11N5.2ClH/c8-5-3-1-2-4-6(5)12(11)7(9)10;;/h1-4H,8,11H2,(H3,9,10);2*1H. The van der Waals surface area contributed by atoms with E-state index in [2.05, 4.69) is 0 Å². The molecule has 0 saturated carbocycles. The summed E-state index contributed by atoms with van der Waals surface area (Å²) in [4.78, 5) is 0. The van der Waals surface area contributed by atoms with E-state index < -0.39 is 0 Å². The summed E-state index contributed by atoms with van der Waals surface area (Å²) in [5.41, 5.74) is 11.8. The Balaban J connectivity index is 0. The number of nitrogens with two attached hydrogens (primary N) is 3. The zero-order chi connectivity index (χ0) is 9.14. The molecule has 0 aromatic heterocycles. The van der Waals surface area contributed by atoms with Gasteiger partial charge >= 0.3 is 0 Å². The lowest BCUT2D eigenvalue weighted by Gasteiger charge is -2.17. The van der Waals surface area contributed by atoms with Gasteiger partial charge in [0, 0.05) is 0 Å². The van der Waals surface area contributed by atoms with Gasteiger partial charge in [-0.3, -0.25) is 5.41 Å². The molecule has 0 saturated heterocycles. The molecule has 0 aliphatic carbocycles. The zero-order valence-corrected chi connectivity index (χ0v) is 8.94. The summed E-state index contributed by atoms with van der Waals surface area (Å²) in [6, 6.07) is 6.94. The van der Waals surface area contributed by atoms with Crippen LogP contribution in [0.1, 0.15) is 0 Å². The SMILES string of the molecule is Cl.Cl.N=C(N)N(N)c1ccccc1N. The Morgan fingerprint density at radius 1 is 1.21 bits per heavy atom. The summed E-state index contributed by atoms with van der Waals surface area (Å²) in [6.45, 7) is 0. The lowest BCUT2D eigenvalue weighted by Crippen LogP contribution is -2.42. The number of guanidine groups is 1. The van der Waals surface area contributed by atoms with Gasteiger partial charge < -0.3 is 11.5 Å². The number of nitrogens with zero attached hydrogens (tertiary/aromatic N) is 1. The molecule has 0 amide bonds. The number of nitrogens with one attached hydrogen (secondary N) is 1. The van der Waals surface area contributed by atoms with Crippen molar-refractivity contribution in [3.8, 4) is 0 Å². The van der Waals surface area contributed by atoms with Crippen molar-refractivity contribution >= 4 is 42.1 Å². The normalized spacial score (nSPS) is 8.07. The first-order valence-corrected chi connectivity index (χ1v) is 3.36. The molecule has 0 unspecified atom stereocenters. The van der Waals surface area contributed by atoms with Crippen LogP contribution in [0.3, 0.4) is 0 Å². The van der Waals surface area contributed by atoms with E-state index in [9.17, 15) is 0 Å². The second-order valence-corrected chi connectivity index (χ2v) is 2.31. The summed E-state index contributed by atoms with van der Waals surface area (Å²) in [5, 5.41) is 8.08. The molecular formula is C7H13Cl2N5. The Labute approximate surface area is 94.5 Å². The van der Waals surface area contributed by atoms with Crippen molar-refractivity contribution in [2.24, 2.45) is 11.6 Å². The molecule has 7 heteroatoms. The molecule has 7 N–H and O–H groups in total. The topological polar surface area (TPSA) is 105 Å². The molecule has 14 heavy (non-hydrogen) atoms. The quantitative estimate of drug-likeness (QED) is 0.190. The van der Waals surface area contributed by atoms with Gasteiger partial charge in [-0.15, -0.1) is 24.8 Å².